The SMILES string of the molecule is NNc1ncnc2c1nnn2CC1(CO)CC1. The lowest BCUT2D eigenvalue weighted by Crippen LogP contribution is -2.17. The van der Waals surface area contributed by atoms with E-state index in [2.05, 4.69) is 25.7 Å². The molecule has 3 rings (SSSR count). The lowest BCUT2D eigenvalue weighted by molar-refractivity contribution is 0.191. The molecule has 1 aliphatic carbocycles. The third-order valence-electron chi connectivity index (χ3n) is 3.21. The van der Waals surface area contributed by atoms with Gasteiger partial charge in [-0.15, -0.1) is 5.10 Å². The minimum Gasteiger partial charge on any atom is -0.396 e. The number of aliphatic hydroxyl groups is 1. The van der Waals surface area contributed by atoms with Crippen LogP contribution in [0.2, 0.25) is 0 Å². The van der Waals surface area contributed by atoms with Gasteiger partial charge >= 0.3 is 0 Å². The van der Waals surface area contributed by atoms with Crippen molar-refractivity contribution in [2.24, 2.45) is 11.3 Å². The van der Waals surface area contributed by atoms with Gasteiger partial charge in [-0.05, 0) is 12.8 Å². The molecule has 2 aromatic rings. The second-order valence-corrected chi connectivity index (χ2v) is 4.44. The van der Waals surface area contributed by atoms with E-state index in [4.69, 9.17) is 5.84 Å². The highest BCUT2D eigenvalue weighted by Crippen LogP contribution is 2.46. The van der Waals surface area contributed by atoms with Gasteiger partial charge in [0.15, 0.2) is 17.0 Å². The van der Waals surface area contributed by atoms with Gasteiger partial charge in [0.25, 0.3) is 0 Å². The fourth-order valence-corrected chi connectivity index (χ4v) is 1.86. The van der Waals surface area contributed by atoms with Crippen LogP contribution in [0.4, 0.5) is 5.82 Å². The number of hydrazine groups is 1. The minimum atomic E-state index is -0.0398. The van der Waals surface area contributed by atoms with Gasteiger partial charge in [0.1, 0.15) is 6.33 Å². The van der Waals surface area contributed by atoms with Crippen molar-refractivity contribution < 1.29 is 5.11 Å². The molecule has 0 atom stereocenters. The van der Waals surface area contributed by atoms with Crippen molar-refractivity contribution >= 4 is 17.0 Å². The van der Waals surface area contributed by atoms with Gasteiger partial charge in [-0.1, -0.05) is 5.21 Å². The quantitative estimate of drug-likeness (QED) is 0.473. The molecule has 1 aliphatic rings. The van der Waals surface area contributed by atoms with E-state index < -0.39 is 0 Å². The molecule has 0 aliphatic heterocycles. The van der Waals surface area contributed by atoms with E-state index in [1.165, 1.54) is 6.33 Å². The van der Waals surface area contributed by atoms with Crippen LogP contribution in [0.15, 0.2) is 6.33 Å². The molecule has 0 unspecified atom stereocenters. The summed E-state index contributed by atoms with van der Waals surface area (Å²) in [5, 5.41) is 17.3. The number of nitrogens with one attached hydrogen (secondary N) is 1. The third kappa shape index (κ3) is 1.61. The number of aromatic nitrogens is 5. The van der Waals surface area contributed by atoms with Crippen LogP contribution >= 0.6 is 0 Å². The average molecular weight is 235 g/mol. The molecule has 2 heterocycles. The molecule has 0 aromatic carbocycles. The highest BCUT2D eigenvalue weighted by atomic mass is 16.3. The molecule has 1 fully saturated rings. The average Bonchev–Trinajstić information content (AvgIpc) is 3.03. The monoisotopic (exact) mass is 235 g/mol. The molecule has 8 nitrogen and oxygen atoms in total. The second kappa shape index (κ2) is 3.60. The number of fused-ring (bicyclic) bond motifs is 1. The van der Waals surface area contributed by atoms with Crippen molar-refractivity contribution in [2.45, 2.75) is 19.4 Å². The number of rotatable bonds is 4. The maximum atomic E-state index is 9.30. The number of hydrogen-bond acceptors (Lipinski definition) is 7. The molecule has 2 aromatic heterocycles. The zero-order valence-corrected chi connectivity index (χ0v) is 9.17. The summed E-state index contributed by atoms with van der Waals surface area (Å²) < 4.78 is 1.70. The maximum absolute atomic E-state index is 9.30. The Balaban J connectivity index is 2.01. The van der Waals surface area contributed by atoms with E-state index >= 15 is 0 Å². The van der Waals surface area contributed by atoms with Gasteiger partial charge < -0.3 is 10.5 Å². The Morgan fingerprint density at radius 1 is 1.47 bits per heavy atom. The molecular formula is C9H13N7O. The van der Waals surface area contributed by atoms with Crippen molar-refractivity contribution in [1.82, 2.24) is 25.0 Å². The Bertz CT molecular complexity index is 547. The number of nitrogen functional groups attached to an aromatic ring is 1. The zero-order valence-electron chi connectivity index (χ0n) is 9.17. The van der Waals surface area contributed by atoms with E-state index in [-0.39, 0.29) is 12.0 Å². The first-order valence-electron chi connectivity index (χ1n) is 5.40. The van der Waals surface area contributed by atoms with Gasteiger partial charge in [0.2, 0.25) is 0 Å². The molecule has 90 valence electrons. The van der Waals surface area contributed by atoms with Crippen molar-refractivity contribution in [3.63, 3.8) is 0 Å². The molecule has 4 N–H and O–H groups in total. The Labute approximate surface area is 96.8 Å². The van der Waals surface area contributed by atoms with Crippen molar-refractivity contribution in [2.75, 3.05) is 12.0 Å². The first-order valence-corrected chi connectivity index (χ1v) is 5.40. The van der Waals surface area contributed by atoms with Crippen LogP contribution in [0, 0.1) is 5.41 Å². The lowest BCUT2D eigenvalue weighted by Gasteiger charge is -2.10. The number of anilines is 1. The van der Waals surface area contributed by atoms with Gasteiger partial charge in [-0.25, -0.2) is 20.5 Å². The predicted molar refractivity (Wildman–Crippen MR) is 59.7 cm³/mol. The van der Waals surface area contributed by atoms with Crippen molar-refractivity contribution in [1.29, 1.82) is 0 Å². The molecule has 17 heavy (non-hydrogen) atoms. The van der Waals surface area contributed by atoms with Crippen LogP contribution in [-0.2, 0) is 6.54 Å². The highest BCUT2D eigenvalue weighted by molar-refractivity contribution is 5.81. The van der Waals surface area contributed by atoms with E-state index in [0.29, 0.717) is 23.5 Å². The summed E-state index contributed by atoms with van der Waals surface area (Å²) in [5.74, 6) is 5.79. The summed E-state index contributed by atoms with van der Waals surface area (Å²) in [6.45, 7) is 0.794. The van der Waals surface area contributed by atoms with Crippen LogP contribution < -0.4 is 11.3 Å². The highest BCUT2D eigenvalue weighted by Gasteiger charge is 2.43. The van der Waals surface area contributed by atoms with E-state index in [9.17, 15) is 5.11 Å². The molecule has 0 bridgehead atoms. The fraction of sp³-hybridized carbons (Fsp3) is 0.556. The topological polar surface area (TPSA) is 115 Å². The van der Waals surface area contributed by atoms with Gasteiger partial charge in [-0.2, -0.15) is 0 Å². The number of aliphatic hydroxyl groups excluding tert-OH is 1. The summed E-state index contributed by atoms with van der Waals surface area (Å²) in [6, 6.07) is 0. The Hall–Kier alpha value is -1.80. The van der Waals surface area contributed by atoms with Crippen LogP contribution in [-0.4, -0.2) is 36.7 Å². The van der Waals surface area contributed by atoms with Crippen LogP contribution in [0.1, 0.15) is 12.8 Å². The Morgan fingerprint density at radius 3 is 2.94 bits per heavy atom. The van der Waals surface area contributed by atoms with Gasteiger partial charge in [0, 0.05) is 5.41 Å². The number of nitrogens with two attached hydrogens (primary N) is 1. The van der Waals surface area contributed by atoms with E-state index in [1.54, 1.807) is 4.68 Å². The first-order chi connectivity index (χ1) is 8.28. The summed E-state index contributed by atoms with van der Waals surface area (Å²) in [6.07, 6.45) is 3.44. The molecular weight excluding hydrogens is 222 g/mol. The normalized spacial score (nSPS) is 17.3. The lowest BCUT2D eigenvalue weighted by atomic mass is 10.1. The number of nitrogens with zero attached hydrogens (tertiary/aromatic N) is 5. The van der Waals surface area contributed by atoms with Crippen LogP contribution in [0.25, 0.3) is 11.2 Å². The maximum Gasteiger partial charge on any atom is 0.183 e. The molecule has 0 saturated heterocycles. The molecule has 8 heteroatoms. The third-order valence-corrected chi connectivity index (χ3v) is 3.21. The smallest absolute Gasteiger partial charge is 0.183 e. The molecule has 0 radical (unpaired) electrons. The standard InChI is InChI=1S/C9H13N7O/c10-13-7-6-8(12-5-11-7)16(15-14-6)3-9(4-17)1-2-9/h5,17H,1-4,10H2,(H,11,12,13). The zero-order chi connectivity index (χ0) is 11.9. The van der Waals surface area contributed by atoms with Gasteiger partial charge in [-0.3, -0.25) is 0 Å². The molecule has 0 amide bonds. The molecule has 1 saturated carbocycles. The van der Waals surface area contributed by atoms with E-state index in [0.717, 1.165) is 12.8 Å². The minimum absolute atomic E-state index is 0.0398. The number of hydrogen-bond donors (Lipinski definition) is 3. The summed E-state index contributed by atoms with van der Waals surface area (Å²) in [5.41, 5.74) is 3.60. The van der Waals surface area contributed by atoms with Gasteiger partial charge in [0.05, 0.1) is 13.2 Å². The first kappa shape index (κ1) is 10.4. The van der Waals surface area contributed by atoms with E-state index in [1.807, 2.05) is 0 Å². The summed E-state index contributed by atoms with van der Waals surface area (Å²) >= 11 is 0. The van der Waals surface area contributed by atoms with Crippen LogP contribution in [0.3, 0.4) is 0 Å². The fourth-order valence-electron chi connectivity index (χ4n) is 1.86. The van der Waals surface area contributed by atoms with Crippen molar-refractivity contribution in [3.05, 3.63) is 6.33 Å². The predicted octanol–water partition coefficient (Wildman–Crippen LogP) is -0.721. The summed E-state index contributed by atoms with van der Waals surface area (Å²) in [7, 11) is 0. The Kier molecular flexibility index (Phi) is 2.20. The summed E-state index contributed by atoms with van der Waals surface area (Å²) in [4.78, 5) is 8.10. The Morgan fingerprint density at radius 2 is 2.29 bits per heavy atom. The largest absolute Gasteiger partial charge is 0.396 e. The van der Waals surface area contributed by atoms with Crippen molar-refractivity contribution in [3.8, 4) is 0 Å². The molecule has 0 spiro atoms. The second-order valence-electron chi connectivity index (χ2n) is 4.44. The van der Waals surface area contributed by atoms with Crippen LogP contribution in [0.5, 0.6) is 0 Å².